The SMILES string of the molecule is CCC(=O)CS(=O)CCCOC. The Morgan fingerprint density at radius 3 is 2.67 bits per heavy atom. The third-order valence-electron chi connectivity index (χ3n) is 1.44. The van der Waals surface area contributed by atoms with Gasteiger partial charge in [-0.3, -0.25) is 9.00 Å². The molecule has 0 rings (SSSR count). The number of hydrogen-bond acceptors (Lipinski definition) is 3. The molecule has 12 heavy (non-hydrogen) atoms. The van der Waals surface area contributed by atoms with Crippen LogP contribution in [0, 0.1) is 0 Å². The minimum atomic E-state index is -0.981. The molecule has 0 bridgehead atoms. The zero-order chi connectivity index (χ0) is 9.40. The lowest BCUT2D eigenvalue weighted by Gasteiger charge is -1.99. The number of Topliss-reactive ketones (excluding diaryl/α,β-unsaturated/α-hetero) is 1. The molecule has 0 aromatic carbocycles. The molecule has 0 N–H and O–H groups in total. The van der Waals surface area contributed by atoms with Gasteiger partial charge in [0, 0.05) is 36.7 Å². The lowest BCUT2D eigenvalue weighted by Crippen LogP contribution is -2.12. The average Bonchev–Trinajstić information content (AvgIpc) is 2.05. The van der Waals surface area contributed by atoms with E-state index in [0.29, 0.717) is 18.8 Å². The molecular weight excluding hydrogens is 176 g/mol. The molecule has 0 aromatic rings. The Kier molecular flexibility index (Phi) is 7.29. The summed E-state index contributed by atoms with van der Waals surface area (Å²) in [5.41, 5.74) is 0. The molecule has 3 nitrogen and oxygen atoms in total. The van der Waals surface area contributed by atoms with Gasteiger partial charge in [0.2, 0.25) is 0 Å². The maximum atomic E-state index is 11.1. The van der Waals surface area contributed by atoms with Crippen LogP contribution in [0.25, 0.3) is 0 Å². The van der Waals surface area contributed by atoms with Crippen molar-refractivity contribution in [1.82, 2.24) is 0 Å². The summed E-state index contributed by atoms with van der Waals surface area (Å²) < 4.78 is 15.9. The Bertz CT molecular complexity index is 156. The van der Waals surface area contributed by atoms with Crippen LogP contribution in [-0.4, -0.2) is 35.2 Å². The van der Waals surface area contributed by atoms with E-state index in [9.17, 15) is 9.00 Å². The molecule has 1 unspecified atom stereocenters. The third kappa shape index (κ3) is 6.49. The first-order valence-electron chi connectivity index (χ1n) is 4.06. The predicted octanol–water partition coefficient (Wildman–Crippen LogP) is 0.751. The fraction of sp³-hybridized carbons (Fsp3) is 0.875. The smallest absolute Gasteiger partial charge is 0.145 e. The number of ketones is 1. The van der Waals surface area contributed by atoms with Crippen molar-refractivity contribution in [3.05, 3.63) is 0 Å². The summed E-state index contributed by atoms with van der Waals surface area (Å²) in [5.74, 6) is 0.852. The van der Waals surface area contributed by atoms with Crippen LogP contribution in [0.4, 0.5) is 0 Å². The number of ether oxygens (including phenoxy) is 1. The summed E-state index contributed by atoms with van der Waals surface area (Å²) in [6.07, 6.45) is 1.25. The highest BCUT2D eigenvalue weighted by Crippen LogP contribution is 1.91. The van der Waals surface area contributed by atoms with E-state index < -0.39 is 10.8 Å². The Morgan fingerprint density at radius 1 is 1.50 bits per heavy atom. The molecule has 1 atom stereocenters. The molecule has 0 heterocycles. The van der Waals surface area contributed by atoms with Gasteiger partial charge >= 0.3 is 0 Å². The summed E-state index contributed by atoms with van der Waals surface area (Å²) in [6, 6.07) is 0. The molecule has 0 fully saturated rings. The zero-order valence-electron chi connectivity index (χ0n) is 7.67. The van der Waals surface area contributed by atoms with E-state index in [2.05, 4.69) is 0 Å². The summed E-state index contributed by atoms with van der Waals surface area (Å²) in [6.45, 7) is 2.40. The quantitative estimate of drug-likeness (QED) is 0.559. The van der Waals surface area contributed by atoms with E-state index >= 15 is 0 Å². The van der Waals surface area contributed by atoms with Crippen molar-refractivity contribution in [1.29, 1.82) is 0 Å². The second-order valence-corrected chi connectivity index (χ2v) is 4.10. The minimum absolute atomic E-state index is 0.0748. The minimum Gasteiger partial charge on any atom is -0.385 e. The summed E-state index contributed by atoms with van der Waals surface area (Å²) in [5, 5.41) is 0. The van der Waals surface area contributed by atoms with Crippen molar-refractivity contribution in [2.75, 3.05) is 25.2 Å². The molecule has 72 valence electrons. The molecule has 4 heteroatoms. The first-order chi connectivity index (χ1) is 5.70. The zero-order valence-corrected chi connectivity index (χ0v) is 8.49. The summed E-state index contributed by atoms with van der Waals surface area (Å²) in [7, 11) is 0.630. The first kappa shape index (κ1) is 11.8. The number of hydrogen-bond donors (Lipinski definition) is 0. The van der Waals surface area contributed by atoms with Crippen LogP contribution in [0.1, 0.15) is 19.8 Å². The Labute approximate surface area is 75.9 Å². The van der Waals surface area contributed by atoms with Crippen LogP contribution in [0.15, 0.2) is 0 Å². The van der Waals surface area contributed by atoms with Gasteiger partial charge in [0.05, 0.1) is 5.75 Å². The normalized spacial score (nSPS) is 12.8. The maximum absolute atomic E-state index is 11.1. The van der Waals surface area contributed by atoms with Gasteiger partial charge in [-0.15, -0.1) is 0 Å². The first-order valence-corrected chi connectivity index (χ1v) is 5.55. The van der Waals surface area contributed by atoms with Crippen molar-refractivity contribution >= 4 is 16.6 Å². The van der Waals surface area contributed by atoms with Gasteiger partial charge < -0.3 is 4.74 Å². The van der Waals surface area contributed by atoms with Crippen LogP contribution < -0.4 is 0 Å². The predicted molar refractivity (Wildman–Crippen MR) is 49.7 cm³/mol. The lowest BCUT2D eigenvalue weighted by atomic mass is 10.4. The van der Waals surface area contributed by atoms with Crippen LogP contribution in [0.3, 0.4) is 0 Å². The van der Waals surface area contributed by atoms with E-state index in [1.54, 1.807) is 14.0 Å². The van der Waals surface area contributed by atoms with Gasteiger partial charge in [0.15, 0.2) is 0 Å². The summed E-state index contributed by atoms with van der Waals surface area (Å²) >= 11 is 0. The van der Waals surface area contributed by atoms with Gasteiger partial charge in [0.1, 0.15) is 5.78 Å². The third-order valence-corrected chi connectivity index (χ3v) is 2.82. The fourth-order valence-electron chi connectivity index (χ4n) is 0.718. The molecule has 0 saturated carbocycles. The van der Waals surface area contributed by atoms with E-state index in [4.69, 9.17) is 4.74 Å². The topological polar surface area (TPSA) is 43.4 Å². The number of methoxy groups -OCH3 is 1. The van der Waals surface area contributed by atoms with Gasteiger partial charge in [-0.1, -0.05) is 6.92 Å². The second kappa shape index (κ2) is 7.43. The molecule has 0 radical (unpaired) electrons. The summed E-state index contributed by atoms with van der Waals surface area (Å²) in [4.78, 5) is 10.8. The van der Waals surface area contributed by atoms with Gasteiger partial charge in [-0.25, -0.2) is 0 Å². The molecule has 0 aliphatic rings. The number of rotatable bonds is 7. The molecule has 0 aliphatic heterocycles. The molecule has 0 saturated heterocycles. The molecule has 0 spiro atoms. The average molecular weight is 192 g/mol. The molecule has 0 aromatic heterocycles. The molecule has 0 amide bonds. The van der Waals surface area contributed by atoms with Crippen LogP contribution in [-0.2, 0) is 20.3 Å². The maximum Gasteiger partial charge on any atom is 0.145 e. The Morgan fingerprint density at radius 2 is 2.17 bits per heavy atom. The number of carbonyl (C=O) groups excluding carboxylic acids is 1. The highest BCUT2D eigenvalue weighted by Gasteiger charge is 2.04. The molecule has 0 aliphatic carbocycles. The van der Waals surface area contributed by atoms with Crippen molar-refractivity contribution in [3.8, 4) is 0 Å². The standard InChI is InChI=1S/C8H16O3S/c1-3-8(9)7-12(10)6-4-5-11-2/h3-7H2,1-2H3. The Balaban J connectivity index is 3.40. The number of carbonyl (C=O) groups is 1. The lowest BCUT2D eigenvalue weighted by molar-refractivity contribution is -0.116. The monoisotopic (exact) mass is 192 g/mol. The second-order valence-electron chi connectivity index (χ2n) is 2.53. The van der Waals surface area contributed by atoms with Gasteiger partial charge in [-0.2, -0.15) is 0 Å². The Hall–Kier alpha value is -0.220. The van der Waals surface area contributed by atoms with E-state index in [0.717, 1.165) is 6.42 Å². The highest BCUT2D eigenvalue weighted by molar-refractivity contribution is 7.85. The van der Waals surface area contributed by atoms with Crippen molar-refractivity contribution < 1.29 is 13.7 Å². The van der Waals surface area contributed by atoms with Crippen molar-refractivity contribution in [2.24, 2.45) is 0 Å². The van der Waals surface area contributed by atoms with E-state index in [1.807, 2.05) is 0 Å². The van der Waals surface area contributed by atoms with E-state index in [-0.39, 0.29) is 11.5 Å². The van der Waals surface area contributed by atoms with Gasteiger partial charge in [-0.05, 0) is 6.42 Å². The highest BCUT2D eigenvalue weighted by atomic mass is 32.2. The van der Waals surface area contributed by atoms with E-state index in [1.165, 1.54) is 0 Å². The van der Waals surface area contributed by atoms with Crippen LogP contribution >= 0.6 is 0 Å². The van der Waals surface area contributed by atoms with Crippen molar-refractivity contribution in [2.45, 2.75) is 19.8 Å². The van der Waals surface area contributed by atoms with Crippen molar-refractivity contribution in [3.63, 3.8) is 0 Å². The van der Waals surface area contributed by atoms with Crippen LogP contribution in [0.5, 0.6) is 0 Å². The largest absolute Gasteiger partial charge is 0.385 e. The van der Waals surface area contributed by atoms with Crippen LogP contribution in [0.2, 0.25) is 0 Å². The fourth-order valence-corrected chi connectivity index (χ4v) is 1.87. The molecular formula is C8H16O3S. The van der Waals surface area contributed by atoms with Gasteiger partial charge in [0.25, 0.3) is 0 Å².